The van der Waals surface area contributed by atoms with Crippen molar-refractivity contribution < 1.29 is 14.6 Å². The molecule has 0 bridgehead atoms. The minimum Gasteiger partial charge on any atom is -0.508 e. The Bertz CT molecular complexity index is 803. The smallest absolute Gasteiger partial charge is 0.191 e. The number of para-hydroxylation sites is 1. The van der Waals surface area contributed by atoms with Crippen LogP contribution < -0.4 is 20.1 Å². The molecule has 2 aromatic carbocycles. The second-order valence-electron chi connectivity index (χ2n) is 6.91. The van der Waals surface area contributed by atoms with Crippen molar-refractivity contribution in [2.75, 3.05) is 20.3 Å². The monoisotopic (exact) mass is 383 g/mol. The van der Waals surface area contributed by atoms with Crippen LogP contribution in [-0.4, -0.2) is 31.3 Å². The van der Waals surface area contributed by atoms with Crippen molar-refractivity contribution in [1.82, 2.24) is 10.6 Å². The van der Waals surface area contributed by atoms with Gasteiger partial charge in [-0.1, -0.05) is 18.2 Å². The molecule has 6 heteroatoms. The predicted octanol–water partition coefficient (Wildman–Crippen LogP) is 3.44. The van der Waals surface area contributed by atoms with Crippen molar-refractivity contribution in [3.8, 4) is 17.2 Å². The van der Waals surface area contributed by atoms with Gasteiger partial charge in [-0.05, 0) is 49.9 Å². The largest absolute Gasteiger partial charge is 0.508 e. The van der Waals surface area contributed by atoms with Crippen LogP contribution in [0.1, 0.15) is 30.9 Å². The van der Waals surface area contributed by atoms with Crippen molar-refractivity contribution >= 4 is 5.96 Å². The minimum atomic E-state index is 0.208. The van der Waals surface area contributed by atoms with Crippen LogP contribution in [0.15, 0.2) is 47.5 Å². The van der Waals surface area contributed by atoms with Gasteiger partial charge >= 0.3 is 0 Å². The normalized spacial score (nSPS) is 13.9. The third-order valence-electron chi connectivity index (χ3n) is 4.63. The summed E-state index contributed by atoms with van der Waals surface area (Å²) in [6.07, 6.45) is 2.55. The van der Waals surface area contributed by atoms with Gasteiger partial charge in [0, 0.05) is 24.2 Å². The number of methoxy groups -OCH3 is 1. The Morgan fingerprint density at radius 1 is 1.14 bits per heavy atom. The Morgan fingerprint density at radius 3 is 2.71 bits per heavy atom. The van der Waals surface area contributed by atoms with E-state index in [1.165, 1.54) is 12.8 Å². The zero-order chi connectivity index (χ0) is 19.8. The zero-order valence-electron chi connectivity index (χ0n) is 16.6. The SMILES string of the molecule is CCNC(=NCc1cc(OC)ccc1O)NCc1ccccc1OCC1CC1. The third kappa shape index (κ3) is 5.81. The highest BCUT2D eigenvalue weighted by atomic mass is 16.5. The second kappa shape index (κ2) is 9.88. The number of rotatable bonds is 9. The third-order valence-corrected chi connectivity index (χ3v) is 4.63. The first-order valence-electron chi connectivity index (χ1n) is 9.78. The van der Waals surface area contributed by atoms with Crippen molar-refractivity contribution in [3.63, 3.8) is 0 Å². The Balaban J connectivity index is 1.64. The standard InChI is InChI=1S/C22H29N3O3/c1-3-23-22(25-14-18-12-19(27-2)10-11-20(18)26)24-13-17-6-4-5-7-21(17)28-15-16-8-9-16/h4-7,10-12,16,26H,3,8-9,13-15H2,1-2H3,(H2,23,24,25). The molecule has 6 nitrogen and oxygen atoms in total. The molecule has 1 aliphatic rings. The molecule has 0 heterocycles. The fourth-order valence-electron chi connectivity index (χ4n) is 2.78. The summed E-state index contributed by atoms with van der Waals surface area (Å²) < 4.78 is 11.2. The number of nitrogens with zero attached hydrogens (tertiary/aromatic N) is 1. The van der Waals surface area contributed by atoms with Gasteiger partial charge in [0.1, 0.15) is 17.2 Å². The van der Waals surface area contributed by atoms with Gasteiger partial charge in [0.15, 0.2) is 5.96 Å². The molecular weight excluding hydrogens is 354 g/mol. The number of hydrogen-bond donors (Lipinski definition) is 3. The maximum atomic E-state index is 10.0. The highest BCUT2D eigenvalue weighted by Gasteiger charge is 2.22. The van der Waals surface area contributed by atoms with Crippen LogP contribution in [0, 0.1) is 5.92 Å². The van der Waals surface area contributed by atoms with Crippen LogP contribution >= 0.6 is 0 Å². The summed E-state index contributed by atoms with van der Waals surface area (Å²) in [5.74, 6) is 3.22. The molecule has 0 unspecified atom stereocenters. The van der Waals surface area contributed by atoms with Gasteiger partial charge in [0.25, 0.3) is 0 Å². The highest BCUT2D eigenvalue weighted by molar-refractivity contribution is 5.79. The fraction of sp³-hybridized carbons (Fsp3) is 0.409. The van der Waals surface area contributed by atoms with Gasteiger partial charge in [-0.2, -0.15) is 0 Å². The maximum Gasteiger partial charge on any atom is 0.191 e. The molecule has 0 aromatic heterocycles. The molecule has 2 aromatic rings. The van der Waals surface area contributed by atoms with Crippen LogP contribution in [0.5, 0.6) is 17.2 Å². The molecule has 3 N–H and O–H groups in total. The van der Waals surface area contributed by atoms with Gasteiger partial charge in [-0.25, -0.2) is 4.99 Å². The fourth-order valence-corrected chi connectivity index (χ4v) is 2.78. The molecule has 0 amide bonds. The van der Waals surface area contributed by atoms with Crippen molar-refractivity contribution in [2.45, 2.75) is 32.9 Å². The molecule has 1 fully saturated rings. The minimum absolute atomic E-state index is 0.208. The van der Waals surface area contributed by atoms with Crippen molar-refractivity contribution in [3.05, 3.63) is 53.6 Å². The number of benzene rings is 2. The van der Waals surface area contributed by atoms with E-state index in [1.807, 2.05) is 25.1 Å². The van der Waals surface area contributed by atoms with E-state index >= 15 is 0 Å². The van der Waals surface area contributed by atoms with E-state index < -0.39 is 0 Å². The average molecular weight is 383 g/mol. The summed E-state index contributed by atoms with van der Waals surface area (Å²) in [4.78, 5) is 4.59. The van der Waals surface area contributed by atoms with Crippen LogP contribution in [0.3, 0.4) is 0 Å². The van der Waals surface area contributed by atoms with Crippen LogP contribution in [0.25, 0.3) is 0 Å². The first-order valence-corrected chi connectivity index (χ1v) is 9.78. The molecule has 0 spiro atoms. The van der Waals surface area contributed by atoms with Gasteiger partial charge in [-0.3, -0.25) is 0 Å². The Morgan fingerprint density at radius 2 is 1.96 bits per heavy atom. The molecule has 0 aliphatic heterocycles. The summed E-state index contributed by atoms with van der Waals surface area (Å²) in [5.41, 5.74) is 1.81. The number of aliphatic imine (C=N–C) groups is 1. The molecule has 0 atom stereocenters. The summed E-state index contributed by atoms with van der Waals surface area (Å²) in [7, 11) is 1.60. The van der Waals surface area contributed by atoms with Gasteiger partial charge < -0.3 is 25.2 Å². The second-order valence-corrected chi connectivity index (χ2v) is 6.91. The van der Waals surface area contributed by atoms with Crippen LogP contribution in [0.4, 0.5) is 0 Å². The molecule has 150 valence electrons. The number of phenolic OH excluding ortho intramolecular Hbond substituents is 1. The van der Waals surface area contributed by atoms with E-state index in [-0.39, 0.29) is 5.75 Å². The molecule has 0 saturated heterocycles. The Kier molecular flexibility index (Phi) is 7.00. The molecule has 3 rings (SSSR count). The van der Waals surface area contributed by atoms with E-state index in [0.29, 0.717) is 30.4 Å². The van der Waals surface area contributed by atoms with Crippen LogP contribution in [-0.2, 0) is 13.1 Å². The number of hydrogen-bond acceptors (Lipinski definition) is 4. The number of phenols is 1. The number of guanidine groups is 1. The molecule has 28 heavy (non-hydrogen) atoms. The lowest BCUT2D eigenvalue weighted by Gasteiger charge is -2.15. The summed E-state index contributed by atoms with van der Waals surface area (Å²) >= 11 is 0. The number of nitrogens with one attached hydrogen (secondary N) is 2. The van der Waals surface area contributed by atoms with Crippen molar-refractivity contribution in [2.24, 2.45) is 10.9 Å². The van der Waals surface area contributed by atoms with E-state index in [4.69, 9.17) is 9.47 Å². The number of aromatic hydroxyl groups is 1. The number of ether oxygens (including phenoxy) is 2. The molecule has 1 aliphatic carbocycles. The lowest BCUT2D eigenvalue weighted by Crippen LogP contribution is -2.36. The van der Waals surface area contributed by atoms with Gasteiger partial charge in [0.2, 0.25) is 0 Å². The van der Waals surface area contributed by atoms with E-state index in [9.17, 15) is 5.11 Å². The predicted molar refractivity (Wildman–Crippen MR) is 111 cm³/mol. The lowest BCUT2D eigenvalue weighted by atomic mass is 10.2. The van der Waals surface area contributed by atoms with Gasteiger partial charge in [-0.15, -0.1) is 0 Å². The zero-order valence-corrected chi connectivity index (χ0v) is 16.6. The summed E-state index contributed by atoms with van der Waals surface area (Å²) in [5, 5.41) is 16.6. The maximum absolute atomic E-state index is 10.0. The van der Waals surface area contributed by atoms with E-state index in [1.54, 1.807) is 25.3 Å². The van der Waals surface area contributed by atoms with E-state index in [0.717, 1.165) is 30.4 Å². The van der Waals surface area contributed by atoms with Gasteiger partial charge in [0.05, 0.1) is 20.3 Å². The average Bonchev–Trinajstić information content (AvgIpc) is 3.54. The quantitative estimate of drug-likeness (QED) is 0.457. The Labute approximate surface area is 166 Å². The summed E-state index contributed by atoms with van der Waals surface area (Å²) in [6.45, 7) is 4.51. The highest BCUT2D eigenvalue weighted by Crippen LogP contribution is 2.30. The molecule has 1 saturated carbocycles. The van der Waals surface area contributed by atoms with Crippen molar-refractivity contribution in [1.29, 1.82) is 0 Å². The first-order chi connectivity index (χ1) is 13.7. The Hall–Kier alpha value is -2.89. The van der Waals surface area contributed by atoms with Crippen LogP contribution in [0.2, 0.25) is 0 Å². The molecule has 0 radical (unpaired) electrons. The topological polar surface area (TPSA) is 75.1 Å². The molecular formula is C22H29N3O3. The first kappa shape index (κ1) is 19.9. The van der Waals surface area contributed by atoms with E-state index in [2.05, 4.69) is 21.7 Å². The summed E-state index contributed by atoms with van der Waals surface area (Å²) in [6, 6.07) is 13.2. The lowest BCUT2D eigenvalue weighted by molar-refractivity contribution is 0.296.